The smallest absolute Gasteiger partial charge is 0.136 e. The van der Waals surface area contributed by atoms with Crippen LogP contribution in [0.2, 0.25) is 0 Å². The maximum Gasteiger partial charge on any atom is 0.136 e. The van der Waals surface area contributed by atoms with Crippen LogP contribution in [0.5, 0.6) is 0 Å². The van der Waals surface area contributed by atoms with E-state index in [0.717, 1.165) is 17.1 Å². The maximum absolute atomic E-state index is 5.77. The molecule has 0 bridgehead atoms. The maximum atomic E-state index is 5.77. The molecule has 3 nitrogen and oxygen atoms in total. The van der Waals surface area contributed by atoms with E-state index in [1.807, 2.05) is 13.8 Å². The highest BCUT2D eigenvalue weighted by Gasteiger charge is 2.18. The van der Waals surface area contributed by atoms with Crippen molar-refractivity contribution in [1.29, 1.82) is 0 Å². The summed E-state index contributed by atoms with van der Waals surface area (Å²) in [6.45, 7) is 10.1. The van der Waals surface area contributed by atoms with Gasteiger partial charge in [0.05, 0.1) is 0 Å². The second-order valence-electron chi connectivity index (χ2n) is 4.39. The zero-order valence-corrected chi connectivity index (χ0v) is 8.97. The molecule has 0 aliphatic heterocycles. The summed E-state index contributed by atoms with van der Waals surface area (Å²) in [6, 6.07) is 0. The summed E-state index contributed by atoms with van der Waals surface area (Å²) in [6.07, 6.45) is 0. The Hall–Kier alpha value is -1.12. The molecule has 0 aliphatic rings. The first-order valence-corrected chi connectivity index (χ1v) is 4.43. The van der Waals surface area contributed by atoms with Gasteiger partial charge in [0.2, 0.25) is 0 Å². The third-order valence-electron chi connectivity index (χ3n) is 2.10. The molecule has 1 heterocycles. The van der Waals surface area contributed by atoms with Gasteiger partial charge in [0.25, 0.3) is 0 Å². The Labute approximate surface area is 79.4 Å². The molecular weight excluding hydrogens is 162 g/mol. The summed E-state index contributed by atoms with van der Waals surface area (Å²) in [5.74, 6) is 1.41. The number of nitrogen functional groups attached to an aromatic ring is 1. The van der Waals surface area contributed by atoms with Crippen molar-refractivity contribution in [3.05, 3.63) is 17.1 Å². The number of hydrogen-bond donors (Lipinski definition) is 1. The van der Waals surface area contributed by atoms with E-state index in [4.69, 9.17) is 5.73 Å². The fourth-order valence-electron chi connectivity index (χ4n) is 0.986. The summed E-state index contributed by atoms with van der Waals surface area (Å²) in [4.78, 5) is 8.69. The van der Waals surface area contributed by atoms with Gasteiger partial charge in [-0.3, -0.25) is 0 Å². The molecule has 0 unspecified atom stereocenters. The molecule has 0 fully saturated rings. The standard InChI is InChI=1S/C10H17N3/c1-6-7(2)12-9(10(3,4)5)13-8(6)11/h1-5H3,(H2,11,12,13). The lowest BCUT2D eigenvalue weighted by Gasteiger charge is -2.18. The highest BCUT2D eigenvalue weighted by atomic mass is 15.0. The molecule has 0 saturated carbocycles. The number of hydrogen-bond acceptors (Lipinski definition) is 3. The minimum Gasteiger partial charge on any atom is -0.383 e. The van der Waals surface area contributed by atoms with E-state index in [9.17, 15) is 0 Å². The first kappa shape index (κ1) is 9.96. The molecule has 1 rings (SSSR count). The van der Waals surface area contributed by atoms with Crippen LogP contribution in [0.1, 0.15) is 37.9 Å². The third-order valence-corrected chi connectivity index (χ3v) is 2.10. The van der Waals surface area contributed by atoms with Gasteiger partial charge in [-0.1, -0.05) is 20.8 Å². The fourth-order valence-corrected chi connectivity index (χ4v) is 0.986. The van der Waals surface area contributed by atoms with E-state index in [-0.39, 0.29) is 5.41 Å². The molecule has 13 heavy (non-hydrogen) atoms. The predicted molar refractivity (Wildman–Crippen MR) is 54.6 cm³/mol. The van der Waals surface area contributed by atoms with Crippen LogP contribution in [0.4, 0.5) is 5.82 Å². The molecule has 1 aromatic rings. The van der Waals surface area contributed by atoms with Crippen LogP contribution in [0.15, 0.2) is 0 Å². The highest BCUT2D eigenvalue weighted by molar-refractivity contribution is 5.41. The number of nitrogens with zero attached hydrogens (tertiary/aromatic N) is 2. The van der Waals surface area contributed by atoms with E-state index < -0.39 is 0 Å². The molecule has 0 spiro atoms. The number of rotatable bonds is 0. The summed E-state index contributed by atoms with van der Waals surface area (Å²) < 4.78 is 0. The lowest BCUT2D eigenvalue weighted by molar-refractivity contribution is 0.543. The third kappa shape index (κ3) is 1.97. The van der Waals surface area contributed by atoms with Gasteiger partial charge in [-0.15, -0.1) is 0 Å². The summed E-state index contributed by atoms with van der Waals surface area (Å²) in [5.41, 5.74) is 7.68. The largest absolute Gasteiger partial charge is 0.383 e. The van der Waals surface area contributed by atoms with E-state index in [1.54, 1.807) is 0 Å². The topological polar surface area (TPSA) is 51.8 Å². The minimum atomic E-state index is -0.0351. The lowest BCUT2D eigenvalue weighted by atomic mass is 9.95. The van der Waals surface area contributed by atoms with Gasteiger partial charge < -0.3 is 5.73 Å². The van der Waals surface area contributed by atoms with Crippen LogP contribution in [0.25, 0.3) is 0 Å². The van der Waals surface area contributed by atoms with E-state index in [2.05, 4.69) is 30.7 Å². The van der Waals surface area contributed by atoms with Crippen LogP contribution < -0.4 is 5.73 Å². The van der Waals surface area contributed by atoms with Crippen LogP contribution in [0, 0.1) is 13.8 Å². The predicted octanol–water partition coefficient (Wildman–Crippen LogP) is 1.97. The van der Waals surface area contributed by atoms with Gasteiger partial charge in [0, 0.05) is 16.7 Å². The van der Waals surface area contributed by atoms with Crippen LogP contribution >= 0.6 is 0 Å². The normalized spacial score (nSPS) is 11.8. The van der Waals surface area contributed by atoms with Crippen molar-refractivity contribution in [1.82, 2.24) is 9.97 Å². The molecule has 0 aliphatic carbocycles. The van der Waals surface area contributed by atoms with Crippen molar-refractivity contribution in [2.75, 3.05) is 5.73 Å². The first-order valence-electron chi connectivity index (χ1n) is 4.43. The Bertz CT molecular complexity index is 300. The van der Waals surface area contributed by atoms with Gasteiger partial charge in [0.1, 0.15) is 11.6 Å². The Morgan fingerprint density at radius 1 is 1.08 bits per heavy atom. The van der Waals surface area contributed by atoms with Crippen molar-refractivity contribution in [2.24, 2.45) is 0 Å². The van der Waals surface area contributed by atoms with Gasteiger partial charge in [-0.2, -0.15) is 0 Å². The number of aryl methyl sites for hydroxylation is 1. The molecule has 0 atom stereocenters. The Morgan fingerprint density at radius 3 is 2.00 bits per heavy atom. The molecular formula is C10H17N3. The van der Waals surface area contributed by atoms with E-state index in [1.165, 1.54) is 0 Å². The number of anilines is 1. The second kappa shape index (κ2) is 2.98. The molecule has 3 heteroatoms. The Morgan fingerprint density at radius 2 is 1.62 bits per heavy atom. The molecule has 72 valence electrons. The summed E-state index contributed by atoms with van der Waals surface area (Å²) in [7, 11) is 0. The lowest BCUT2D eigenvalue weighted by Crippen LogP contribution is -2.18. The summed E-state index contributed by atoms with van der Waals surface area (Å²) >= 11 is 0. The quantitative estimate of drug-likeness (QED) is 0.662. The fraction of sp³-hybridized carbons (Fsp3) is 0.600. The molecule has 2 N–H and O–H groups in total. The van der Waals surface area contributed by atoms with Crippen molar-refractivity contribution in [3.63, 3.8) is 0 Å². The van der Waals surface area contributed by atoms with E-state index in [0.29, 0.717) is 5.82 Å². The SMILES string of the molecule is Cc1nc(C(C)(C)C)nc(N)c1C. The van der Waals surface area contributed by atoms with Crippen LogP contribution in [-0.4, -0.2) is 9.97 Å². The van der Waals surface area contributed by atoms with Gasteiger partial charge in [0.15, 0.2) is 0 Å². The van der Waals surface area contributed by atoms with Crippen molar-refractivity contribution < 1.29 is 0 Å². The zero-order valence-electron chi connectivity index (χ0n) is 8.97. The van der Waals surface area contributed by atoms with Crippen molar-refractivity contribution in [2.45, 2.75) is 40.0 Å². The van der Waals surface area contributed by atoms with Crippen molar-refractivity contribution in [3.8, 4) is 0 Å². The highest BCUT2D eigenvalue weighted by Crippen LogP contribution is 2.21. The summed E-state index contributed by atoms with van der Waals surface area (Å²) in [5, 5.41) is 0. The monoisotopic (exact) mass is 179 g/mol. The second-order valence-corrected chi connectivity index (χ2v) is 4.39. The van der Waals surface area contributed by atoms with Gasteiger partial charge in [-0.05, 0) is 13.8 Å². The van der Waals surface area contributed by atoms with Crippen LogP contribution in [0.3, 0.4) is 0 Å². The average Bonchev–Trinajstić information content (AvgIpc) is 1.97. The molecule has 0 saturated heterocycles. The number of nitrogens with two attached hydrogens (primary N) is 1. The van der Waals surface area contributed by atoms with Gasteiger partial charge >= 0.3 is 0 Å². The number of aromatic nitrogens is 2. The molecule has 0 radical (unpaired) electrons. The van der Waals surface area contributed by atoms with Crippen molar-refractivity contribution >= 4 is 5.82 Å². The first-order chi connectivity index (χ1) is 5.82. The Balaban J connectivity index is 3.29. The van der Waals surface area contributed by atoms with E-state index >= 15 is 0 Å². The average molecular weight is 179 g/mol. The minimum absolute atomic E-state index is 0.0351. The zero-order chi connectivity index (χ0) is 10.2. The van der Waals surface area contributed by atoms with Gasteiger partial charge in [-0.25, -0.2) is 9.97 Å². The molecule has 0 aromatic carbocycles. The molecule has 0 amide bonds. The molecule has 1 aromatic heterocycles. The Kier molecular flexibility index (Phi) is 2.28. The van der Waals surface area contributed by atoms with Crippen LogP contribution in [-0.2, 0) is 5.41 Å².